The maximum atomic E-state index is 13.3. The van der Waals surface area contributed by atoms with Crippen LogP contribution in [-0.2, 0) is 29.5 Å². The second-order valence-electron chi connectivity index (χ2n) is 9.85. The van der Waals surface area contributed by atoms with Crippen LogP contribution in [0.25, 0.3) is 5.57 Å². The topological polar surface area (TPSA) is 142 Å². The molecule has 0 saturated carbocycles. The number of carbonyl (C=O) groups is 4. The van der Waals surface area contributed by atoms with Crippen molar-refractivity contribution in [1.29, 1.82) is 0 Å². The number of benzene rings is 3. The number of carboxylic acid groups (broad SMARTS) is 1. The number of carbonyl (C=O) groups excluding carboxylic acids is 3. The van der Waals surface area contributed by atoms with Gasteiger partial charge in [-0.1, -0.05) is 43.3 Å². The van der Waals surface area contributed by atoms with E-state index in [2.05, 4.69) is 21.0 Å². The number of hydrogen-bond acceptors (Lipinski definition) is 6. The Morgan fingerprint density at radius 1 is 1.00 bits per heavy atom. The first-order valence-corrected chi connectivity index (χ1v) is 13.4. The highest BCUT2D eigenvalue weighted by atomic mass is 16.4. The Hall–Kier alpha value is -5.51. The van der Waals surface area contributed by atoms with Crippen LogP contribution in [0.4, 0.5) is 17.1 Å². The van der Waals surface area contributed by atoms with Gasteiger partial charge in [0.15, 0.2) is 5.78 Å². The molecule has 1 aromatic heterocycles. The van der Waals surface area contributed by atoms with Crippen molar-refractivity contribution < 1.29 is 24.3 Å². The summed E-state index contributed by atoms with van der Waals surface area (Å²) in [4.78, 5) is 49.7. The number of carboxylic acids is 1. The van der Waals surface area contributed by atoms with Gasteiger partial charge in [0, 0.05) is 53.4 Å². The summed E-state index contributed by atoms with van der Waals surface area (Å²) in [6.07, 6.45) is 4.29. The van der Waals surface area contributed by atoms with Crippen molar-refractivity contribution in [3.63, 3.8) is 0 Å². The van der Waals surface area contributed by atoms with Gasteiger partial charge in [0.25, 0.3) is 11.8 Å². The third-order valence-electron chi connectivity index (χ3n) is 7.05. The minimum Gasteiger partial charge on any atom is -0.481 e. The second kappa shape index (κ2) is 11.9. The van der Waals surface area contributed by atoms with E-state index in [0.29, 0.717) is 52.0 Å². The molecule has 0 spiro atoms. The maximum absolute atomic E-state index is 13.3. The molecule has 3 aromatic carbocycles. The minimum atomic E-state index is -0.845. The minimum absolute atomic E-state index is 0.0618. The highest BCUT2D eigenvalue weighted by Crippen LogP contribution is 2.33. The molecule has 0 atom stereocenters. The summed E-state index contributed by atoms with van der Waals surface area (Å²) in [6, 6.07) is 19.1. The van der Waals surface area contributed by atoms with Crippen LogP contribution >= 0.6 is 0 Å². The van der Waals surface area contributed by atoms with Crippen LogP contribution in [0.15, 0.2) is 79.1 Å². The summed E-state index contributed by atoms with van der Waals surface area (Å²) in [5.74, 6) is -1.70. The van der Waals surface area contributed by atoms with E-state index >= 15 is 0 Å². The molecule has 1 aliphatic heterocycles. The molecule has 42 heavy (non-hydrogen) atoms. The highest BCUT2D eigenvalue weighted by Gasteiger charge is 2.25. The summed E-state index contributed by atoms with van der Waals surface area (Å²) < 4.78 is 1.67. The summed E-state index contributed by atoms with van der Waals surface area (Å²) in [5, 5.41) is 21.8. The van der Waals surface area contributed by atoms with Gasteiger partial charge < -0.3 is 21.1 Å². The maximum Gasteiger partial charge on any atom is 0.303 e. The lowest BCUT2D eigenvalue weighted by Gasteiger charge is -2.09. The van der Waals surface area contributed by atoms with Gasteiger partial charge in [0.2, 0.25) is 0 Å². The number of amides is 2. The molecule has 2 heterocycles. The number of fused-ring (bicyclic) bond motifs is 1. The SMILES string of the molecule is CCc1c(C(=O)Nc2cccc(C(=O)c3ccc4c(c3)NC(=O)/C4=C\Nc3ccc(CCC(=O)O)cc3)c2)cnn1C. The number of rotatable bonds is 10. The number of aliphatic carboxylic acids is 1. The summed E-state index contributed by atoms with van der Waals surface area (Å²) >= 11 is 0. The van der Waals surface area contributed by atoms with Crippen molar-refractivity contribution in [1.82, 2.24) is 9.78 Å². The molecule has 1 aliphatic rings. The fraction of sp³-hybridized carbons (Fsp3) is 0.156. The molecule has 212 valence electrons. The molecule has 0 bridgehead atoms. The quantitative estimate of drug-likeness (QED) is 0.159. The second-order valence-corrected chi connectivity index (χ2v) is 9.85. The fourth-order valence-corrected chi connectivity index (χ4v) is 4.83. The molecule has 0 unspecified atom stereocenters. The number of aryl methyl sites for hydroxylation is 2. The van der Waals surface area contributed by atoms with Gasteiger partial charge >= 0.3 is 5.97 Å². The Kier molecular flexibility index (Phi) is 7.96. The van der Waals surface area contributed by atoms with Crippen molar-refractivity contribution >= 4 is 46.2 Å². The third kappa shape index (κ3) is 5.97. The van der Waals surface area contributed by atoms with Crippen LogP contribution in [0, 0.1) is 0 Å². The van der Waals surface area contributed by atoms with E-state index in [4.69, 9.17) is 5.11 Å². The van der Waals surface area contributed by atoms with Crippen LogP contribution in [0.5, 0.6) is 0 Å². The van der Waals surface area contributed by atoms with E-state index < -0.39 is 5.97 Å². The number of nitrogens with one attached hydrogen (secondary N) is 3. The standard InChI is InChI=1S/C32H29N5O5/c1-3-28-26(18-34-37(28)2)32(42)35-23-6-4-5-20(15-23)30(40)21-10-13-24-25(31(41)36-27(24)16-21)17-33-22-11-7-19(8-12-22)9-14-29(38)39/h4-8,10-13,15-18,33H,3,9,14H2,1-2H3,(H,35,42)(H,36,41)(H,38,39)/b25-17-. The van der Waals surface area contributed by atoms with Gasteiger partial charge in [-0.05, 0) is 48.7 Å². The lowest BCUT2D eigenvalue weighted by atomic mass is 9.99. The third-order valence-corrected chi connectivity index (χ3v) is 7.05. The van der Waals surface area contributed by atoms with Crippen molar-refractivity contribution in [3.05, 3.63) is 113 Å². The average Bonchev–Trinajstić information content (AvgIpc) is 3.52. The molecular formula is C32H29N5O5. The molecular weight excluding hydrogens is 534 g/mol. The molecule has 0 radical (unpaired) electrons. The molecule has 0 saturated heterocycles. The zero-order valence-corrected chi connectivity index (χ0v) is 23.1. The van der Waals surface area contributed by atoms with E-state index in [9.17, 15) is 19.2 Å². The molecule has 4 aromatic rings. The van der Waals surface area contributed by atoms with E-state index in [1.165, 1.54) is 6.20 Å². The van der Waals surface area contributed by atoms with E-state index in [0.717, 1.165) is 16.9 Å². The van der Waals surface area contributed by atoms with E-state index in [1.807, 2.05) is 31.2 Å². The summed E-state index contributed by atoms with van der Waals surface area (Å²) in [6.45, 7) is 1.95. The van der Waals surface area contributed by atoms with Gasteiger partial charge in [0.1, 0.15) is 0 Å². The molecule has 0 fully saturated rings. The Bertz CT molecular complexity index is 1740. The van der Waals surface area contributed by atoms with Gasteiger partial charge in [0.05, 0.1) is 23.0 Å². The predicted octanol–water partition coefficient (Wildman–Crippen LogP) is 4.89. The lowest BCUT2D eigenvalue weighted by Crippen LogP contribution is -2.14. The molecule has 0 aliphatic carbocycles. The zero-order valence-electron chi connectivity index (χ0n) is 23.1. The smallest absolute Gasteiger partial charge is 0.303 e. The normalized spacial score (nSPS) is 13.0. The van der Waals surface area contributed by atoms with Crippen molar-refractivity contribution in [2.24, 2.45) is 7.05 Å². The van der Waals surface area contributed by atoms with Crippen LogP contribution in [0.2, 0.25) is 0 Å². The number of anilines is 3. The average molecular weight is 564 g/mol. The molecule has 10 heteroatoms. The first-order valence-electron chi connectivity index (χ1n) is 13.4. The first kappa shape index (κ1) is 28.0. The van der Waals surface area contributed by atoms with Crippen LogP contribution in [0.1, 0.15) is 56.4 Å². The van der Waals surface area contributed by atoms with Gasteiger partial charge in [-0.15, -0.1) is 0 Å². The van der Waals surface area contributed by atoms with Gasteiger partial charge in [-0.2, -0.15) is 5.10 Å². The van der Waals surface area contributed by atoms with Gasteiger partial charge in [-0.25, -0.2) is 0 Å². The van der Waals surface area contributed by atoms with Crippen LogP contribution < -0.4 is 16.0 Å². The number of aromatic nitrogens is 2. The van der Waals surface area contributed by atoms with Crippen molar-refractivity contribution in [2.45, 2.75) is 26.2 Å². The Labute approximate surface area is 242 Å². The molecule has 2 amide bonds. The lowest BCUT2D eigenvalue weighted by molar-refractivity contribution is -0.137. The highest BCUT2D eigenvalue weighted by molar-refractivity contribution is 6.32. The molecule has 10 nitrogen and oxygen atoms in total. The molecule has 4 N–H and O–H groups in total. The summed E-state index contributed by atoms with van der Waals surface area (Å²) in [7, 11) is 1.79. The summed E-state index contributed by atoms with van der Waals surface area (Å²) in [5.41, 5.74) is 5.82. The zero-order chi connectivity index (χ0) is 29.8. The fourth-order valence-electron chi connectivity index (χ4n) is 4.83. The predicted molar refractivity (Wildman–Crippen MR) is 159 cm³/mol. The monoisotopic (exact) mass is 563 g/mol. The van der Waals surface area contributed by atoms with Crippen molar-refractivity contribution in [3.8, 4) is 0 Å². The van der Waals surface area contributed by atoms with Crippen LogP contribution in [-0.4, -0.2) is 38.5 Å². The van der Waals surface area contributed by atoms with Crippen LogP contribution in [0.3, 0.4) is 0 Å². The molecule has 5 rings (SSSR count). The Balaban J connectivity index is 1.29. The number of nitrogens with zero attached hydrogens (tertiary/aromatic N) is 2. The van der Waals surface area contributed by atoms with E-state index in [-0.39, 0.29) is 24.0 Å². The van der Waals surface area contributed by atoms with Crippen molar-refractivity contribution in [2.75, 3.05) is 16.0 Å². The first-order chi connectivity index (χ1) is 20.2. The van der Waals surface area contributed by atoms with E-state index in [1.54, 1.807) is 60.4 Å². The van der Waals surface area contributed by atoms with Gasteiger partial charge in [-0.3, -0.25) is 23.9 Å². The number of hydrogen-bond donors (Lipinski definition) is 4. The Morgan fingerprint density at radius 3 is 2.50 bits per heavy atom. The number of ketones is 1. The largest absolute Gasteiger partial charge is 0.481 e. The Morgan fingerprint density at radius 2 is 1.76 bits per heavy atom.